The van der Waals surface area contributed by atoms with Gasteiger partial charge in [-0.3, -0.25) is 9.69 Å². The second-order valence-corrected chi connectivity index (χ2v) is 6.57. The summed E-state index contributed by atoms with van der Waals surface area (Å²) in [6.07, 6.45) is 1.83. The van der Waals surface area contributed by atoms with Gasteiger partial charge >= 0.3 is 5.97 Å². The number of hydrogen-bond acceptors (Lipinski definition) is 3. The molecule has 2 unspecified atom stereocenters. The zero-order valence-corrected chi connectivity index (χ0v) is 12.8. The highest BCUT2D eigenvalue weighted by Crippen LogP contribution is 2.35. The molecule has 0 fully saturated rings. The highest BCUT2D eigenvalue weighted by atomic mass is 32.1. The van der Waals surface area contributed by atoms with E-state index in [1.807, 2.05) is 29.6 Å². The predicted octanol–water partition coefficient (Wildman–Crippen LogP) is 3.36. The van der Waals surface area contributed by atoms with Gasteiger partial charge in [-0.05, 0) is 42.3 Å². The maximum absolute atomic E-state index is 11.7. The average molecular weight is 301 g/mol. The molecular formula is C17H19NO2S. The Morgan fingerprint density at radius 3 is 2.86 bits per heavy atom. The Morgan fingerprint density at radius 2 is 2.14 bits per heavy atom. The summed E-state index contributed by atoms with van der Waals surface area (Å²) in [6.45, 7) is 2.94. The van der Waals surface area contributed by atoms with E-state index >= 15 is 0 Å². The zero-order valence-electron chi connectivity index (χ0n) is 12.0. The molecule has 2 heterocycles. The molecule has 21 heavy (non-hydrogen) atoms. The van der Waals surface area contributed by atoms with Crippen molar-refractivity contribution in [1.29, 1.82) is 0 Å². The van der Waals surface area contributed by atoms with Crippen LogP contribution in [0.4, 0.5) is 0 Å². The lowest BCUT2D eigenvalue weighted by Crippen LogP contribution is -2.45. The van der Waals surface area contributed by atoms with Crippen molar-refractivity contribution in [3.63, 3.8) is 0 Å². The average Bonchev–Trinajstić information content (AvgIpc) is 2.95. The van der Waals surface area contributed by atoms with Crippen LogP contribution in [0.1, 0.15) is 29.0 Å². The molecular weight excluding hydrogens is 282 g/mol. The van der Waals surface area contributed by atoms with Gasteiger partial charge in [0.2, 0.25) is 0 Å². The number of carboxylic acids is 1. The van der Waals surface area contributed by atoms with E-state index in [1.54, 1.807) is 11.3 Å². The highest BCUT2D eigenvalue weighted by molar-refractivity contribution is 7.10. The molecule has 3 nitrogen and oxygen atoms in total. The number of carbonyl (C=O) groups is 1. The van der Waals surface area contributed by atoms with Gasteiger partial charge in [-0.25, -0.2) is 0 Å². The molecule has 0 radical (unpaired) electrons. The first-order chi connectivity index (χ1) is 10.2. The molecule has 0 aliphatic carbocycles. The van der Waals surface area contributed by atoms with Gasteiger partial charge in [-0.2, -0.15) is 0 Å². The Labute approximate surface area is 128 Å². The van der Waals surface area contributed by atoms with Gasteiger partial charge in [0.1, 0.15) is 6.04 Å². The molecule has 0 saturated heterocycles. The molecule has 0 bridgehead atoms. The van der Waals surface area contributed by atoms with Gasteiger partial charge in [0.25, 0.3) is 0 Å². The maximum atomic E-state index is 11.7. The van der Waals surface area contributed by atoms with Crippen molar-refractivity contribution in [2.24, 2.45) is 0 Å². The summed E-state index contributed by atoms with van der Waals surface area (Å²) in [5, 5.41) is 11.7. The van der Waals surface area contributed by atoms with Crippen molar-refractivity contribution in [2.75, 3.05) is 6.54 Å². The summed E-state index contributed by atoms with van der Waals surface area (Å²) < 4.78 is 0. The topological polar surface area (TPSA) is 40.5 Å². The van der Waals surface area contributed by atoms with Crippen LogP contribution >= 0.6 is 11.3 Å². The van der Waals surface area contributed by atoms with Crippen LogP contribution in [-0.2, 0) is 17.6 Å². The van der Waals surface area contributed by atoms with Crippen LogP contribution in [0.5, 0.6) is 0 Å². The summed E-state index contributed by atoms with van der Waals surface area (Å²) in [5.41, 5.74) is 2.24. The molecule has 1 aliphatic heterocycles. The van der Waals surface area contributed by atoms with Gasteiger partial charge in [-0.15, -0.1) is 11.3 Å². The number of rotatable bonds is 4. The second kappa shape index (κ2) is 6.00. The van der Waals surface area contributed by atoms with E-state index in [4.69, 9.17) is 0 Å². The third-order valence-corrected chi connectivity index (χ3v) is 5.17. The van der Waals surface area contributed by atoms with E-state index in [-0.39, 0.29) is 6.04 Å². The fraction of sp³-hybridized carbons (Fsp3) is 0.353. The third kappa shape index (κ3) is 2.87. The van der Waals surface area contributed by atoms with Gasteiger partial charge < -0.3 is 5.11 Å². The molecule has 1 aromatic heterocycles. The van der Waals surface area contributed by atoms with Crippen molar-refractivity contribution in [2.45, 2.75) is 31.8 Å². The number of nitrogens with zero attached hydrogens (tertiary/aromatic N) is 1. The summed E-state index contributed by atoms with van der Waals surface area (Å²) >= 11 is 1.67. The molecule has 110 valence electrons. The van der Waals surface area contributed by atoms with Crippen LogP contribution in [0, 0.1) is 0 Å². The number of carboxylic acid groups (broad SMARTS) is 1. The van der Waals surface area contributed by atoms with Crippen molar-refractivity contribution in [3.8, 4) is 0 Å². The molecule has 1 aliphatic rings. The predicted molar refractivity (Wildman–Crippen MR) is 84.7 cm³/mol. The van der Waals surface area contributed by atoms with E-state index in [2.05, 4.69) is 24.0 Å². The van der Waals surface area contributed by atoms with Gasteiger partial charge in [0.15, 0.2) is 0 Å². The quantitative estimate of drug-likeness (QED) is 0.941. The maximum Gasteiger partial charge on any atom is 0.325 e. The molecule has 0 spiro atoms. The number of aliphatic carboxylic acids is 1. The first-order valence-electron chi connectivity index (χ1n) is 7.25. The Morgan fingerprint density at radius 1 is 1.38 bits per heavy atom. The van der Waals surface area contributed by atoms with Crippen molar-refractivity contribution in [1.82, 2.24) is 4.90 Å². The number of hydrogen-bond donors (Lipinski definition) is 1. The van der Waals surface area contributed by atoms with Crippen LogP contribution in [0.2, 0.25) is 0 Å². The molecule has 2 atom stereocenters. The van der Waals surface area contributed by atoms with Crippen LogP contribution in [0.3, 0.4) is 0 Å². The van der Waals surface area contributed by atoms with Crippen molar-refractivity contribution in [3.05, 3.63) is 57.8 Å². The van der Waals surface area contributed by atoms with Crippen molar-refractivity contribution < 1.29 is 9.90 Å². The molecule has 1 N–H and O–H groups in total. The standard InChI is InChI=1S/C17H19NO2S/c1-12(11-13-5-3-2-4-6-13)18-9-7-15-14(8-10-21-15)16(18)17(19)20/h2-6,8,10,12,16H,7,9,11H2,1H3,(H,19,20). The Bertz CT molecular complexity index is 623. The Hall–Kier alpha value is -1.65. The van der Waals surface area contributed by atoms with Crippen LogP contribution in [-0.4, -0.2) is 28.6 Å². The molecule has 0 saturated carbocycles. The van der Waals surface area contributed by atoms with Gasteiger partial charge in [0.05, 0.1) is 0 Å². The minimum atomic E-state index is -0.741. The van der Waals surface area contributed by atoms with Gasteiger partial charge in [0, 0.05) is 17.5 Å². The molecule has 2 aromatic rings. The highest BCUT2D eigenvalue weighted by Gasteiger charge is 2.36. The zero-order chi connectivity index (χ0) is 14.8. The van der Waals surface area contributed by atoms with E-state index in [0.29, 0.717) is 0 Å². The summed E-state index contributed by atoms with van der Waals surface area (Å²) in [7, 11) is 0. The van der Waals surface area contributed by atoms with Crippen LogP contribution in [0.15, 0.2) is 41.8 Å². The summed E-state index contributed by atoms with van der Waals surface area (Å²) in [4.78, 5) is 15.1. The van der Waals surface area contributed by atoms with Crippen LogP contribution in [0.25, 0.3) is 0 Å². The third-order valence-electron chi connectivity index (χ3n) is 4.18. The smallest absolute Gasteiger partial charge is 0.325 e. The number of thiophene rings is 1. The summed E-state index contributed by atoms with van der Waals surface area (Å²) in [5.74, 6) is -0.741. The first-order valence-corrected chi connectivity index (χ1v) is 8.13. The minimum absolute atomic E-state index is 0.210. The van der Waals surface area contributed by atoms with Crippen molar-refractivity contribution >= 4 is 17.3 Å². The minimum Gasteiger partial charge on any atom is -0.480 e. The fourth-order valence-electron chi connectivity index (χ4n) is 3.16. The summed E-state index contributed by atoms with van der Waals surface area (Å²) in [6, 6.07) is 12.0. The fourth-order valence-corrected chi connectivity index (χ4v) is 4.06. The van der Waals surface area contributed by atoms with E-state index in [1.165, 1.54) is 10.4 Å². The van der Waals surface area contributed by atoms with E-state index in [9.17, 15) is 9.90 Å². The van der Waals surface area contributed by atoms with E-state index in [0.717, 1.165) is 24.9 Å². The Kier molecular flexibility index (Phi) is 4.08. The number of fused-ring (bicyclic) bond motifs is 1. The monoisotopic (exact) mass is 301 g/mol. The lowest BCUT2D eigenvalue weighted by atomic mass is 9.96. The SMILES string of the molecule is CC(Cc1ccccc1)N1CCc2sccc2C1C(=O)O. The molecule has 1 aromatic carbocycles. The van der Waals surface area contributed by atoms with Gasteiger partial charge in [-0.1, -0.05) is 30.3 Å². The normalized spacial score (nSPS) is 20.0. The van der Waals surface area contributed by atoms with Crippen LogP contribution < -0.4 is 0 Å². The molecule has 3 rings (SSSR count). The lowest BCUT2D eigenvalue weighted by molar-refractivity contribution is -0.145. The molecule has 0 amide bonds. The number of benzene rings is 1. The first kappa shape index (κ1) is 14.3. The second-order valence-electron chi connectivity index (χ2n) is 5.57. The van der Waals surface area contributed by atoms with E-state index < -0.39 is 12.0 Å². The Balaban J connectivity index is 1.82. The molecule has 4 heteroatoms. The largest absolute Gasteiger partial charge is 0.480 e. The lowest BCUT2D eigenvalue weighted by Gasteiger charge is -2.37.